The third kappa shape index (κ3) is 2.03. The van der Waals surface area contributed by atoms with Gasteiger partial charge in [-0.25, -0.2) is 0 Å². The lowest BCUT2D eigenvalue weighted by Gasteiger charge is -2.20. The van der Waals surface area contributed by atoms with Gasteiger partial charge in [-0.1, -0.05) is 44.2 Å². The summed E-state index contributed by atoms with van der Waals surface area (Å²) in [5.41, 5.74) is 0.350. The Labute approximate surface area is 83.9 Å². The smallest absolute Gasteiger partial charge is 0.139 e. The molecule has 0 bridgehead atoms. The number of benzene rings is 1. The fourth-order valence-corrected chi connectivity index (χ4v) is 3.05. The molecule has 0 aliphatic carbocycles. The largest absolute Gasteiger partial charge is 0.283 e. The second-order valence-electron chi connectivity index (χ2n) is 3.14. The molecule has 0 heterocycles. The highest BCUT2D eigenvalue weighted by Gasteiger charge is 2.34. The van der Waals surface area contributed by atoms with Crippen molar-refractivity contribution in [3.8, 4) is 0 Å². The van der Waals surface area contributed by atoms with Crippen molar-refractivity contribution in [2.75, 3.05) is 0 Å². The van der Waals surface area contributed by atoms with E-state index in [1.807, 2.05) is 30.3 Å². The van der Waals surface area contributed by atoms with Gasteiger partial charge in [0, 0.05) is 0 Å². The van der Waals surface area contributed by atoms with E-state index in [4.69, 9.17) is 22.2 Å². The van der Waals surface area contributed by atoms with E-state index in [0.29, 0.717) is 5.54 Å². The first-order valence-electron chi connectivity index (χ1n) is 3.98. The summed E-state index contributed by atoms with van der Waals surface area (Å²) in [5.74, 6) is 0. The fourth-order valence-electron chi connectivity index (χ4n) is 0.994. The third-order valence-corrected chi connectivity index (χ3v) is 8.37. The number of halogens is 2. The van der Waals surface area contributed by atoms with E-state index in [-0.39, 0.29) is 0 Å². The molecule has 0 N–H and O–H groups in total. The van der Waals surface area contributed by atoms with Crippen LogP contribution >= 0.6 is 22.2 Å². The third-order valence-electron chi connectivity index (χ3n) is 1.88. The van der Waals surface area contributed by atoms with Crippen molar-refractivity contribution >= 4 is 34.0 Å². The summed E-state index contributed by atoms with van der Waals surface area (Å²) in [4.78, 5) is 0. The van der Waals surface area contributed by atoms with Gasteiger partial charge in [-0.2, -0.15) is 0 Å². The Morgan fingerprint density at radius 1 is 1.08 bits per heavy atom. The molecule has 0 saturated heterocycles. The minimum atomic E-state index is -2.21. The van der Waals surface area contributed by atoms with E-state index in [2.05, 4.69) is 13.8 Å². The zero-order valence-electron chi connectivity index (χ0n) is 7.22. The average molecular weight is 219 g/mol. The van der Waals surface area contributed by atoms with Gasteiger partial charge in [0.15, 0.2) is 0 Å². The minimum Gasteiger partial charge on any atom is -0.139 e. The van der Waals surface area contributed by atoms with E-state index in [9.17, 15) is 0 Å². The number of rotatable bonds is 2. The summed E-state index contributed by atoms with van der Waals surface area (Å²) in [6, 6.07) is 9.94. The summed E-state index contributed by atoms with van der Waals surface area (Å²) in [7, 11) is 0. The molecule has 0 spiro atoms. The van der Waals surface area contributed by atoms with Crippen LogP contribution in [0.15, 0.2) is 30.3 Å². The first-order chi connectivity index (χ1) is 5.55. The Balaban J connectivity index is 2.98. The van der Waals surface area contributed by atoms with Crippen LogP contribution < -0.4 is 5.19 Å². The fraction of sp³-hybridized carbons (Fsp3) is 0.333. The lowest BCUT2D eigenvalue weighted by atomic mass is 10.4. The lowest BCUT2D eigenvalue weighted by molar-refractivity contribution is 1.05. The maximum atomic E-state index is 6.30. The Bertz CT molecular complexity index is 244. The quantitative estimate of drug-likeness (QED) is 0.529. The van der Waals surface area contributed by atoms with Crippen molar-refractivity contribution in [3.05, 3.63) is 30.3 Å². The van der Waals surface area contributed by atoms with Crippen LogP contribution in [0, 0.1) is 0 Å². The predicted molar refractivity (Wildman–Crippen MR) is 58.6 cm³/mol. The van der Waals surface area contributed by atoms with Crippen molar-refractivity contribution in [2.24, 2.45) is 0 Å². The molecule has 0 fully saturated rings. The zero-order chi connectivity index (χ0) is 9.19. The van der Waals surface area contributed by atoms with Crippen LogP contribution in [0.25, 0.3) is 0 Å². The summed E-state index contributed by atoms with van der Waals surface area (Å²) in [6.45, 7) is 1.93. The van der Waals surface area contributed by atoms with Crippen LogP contribution in [0.4, 0.5) is 0 Å². The van der Waals surface area contributed by atoms with Crippen LogP contribution in [0.2, 0.25) is 5.54 Å². The molecule has 12 heavy (non-hydrogen) atoms. The maximum Gasteiger partial charge on any atom is 0.283 e. The van der Waals surface area contributed by atoms with Crippen LogP contribution in [-0.4, -0.2) is 6.69 Å². The predicted octanol–water partition coefficient (Wildman–Crippen LogP) is 3.22. The van der Waals surface area contributed by atoms with Crippen molar-refractivity contribution in [2.45, 2.75) is 19.4 Å². The van der Waals surface area contributed by atoms with Crippen LogP contribution in [-0.2, 0) is 0 Å². The molecule has 3 heteroatoms. The second kappa shape index (κ2) is 3.82. The van der Waals surface area contributed by atoms with Gasteiger partial charge in [0.25, 0.3) is 6.69 Å². The van der Waals surface area contributed by atoms with Crippen molar-refractivity contribution in [3.63, 3.8) is 0 Å². The molecule has 1 aromatic carbocycles. The SMILES string of the molecule is CC(C)[Si](Cl)(Cl)c1ccccc1. The summed E-state index contributed by atoms with van der Waals surface area (Å²) in [6.07, 6.45) is 0. The highest BCUT2D eigenvalue weighted by molar-refractivity contribution is 7.51. The molecule has 0 amide bonds. The Morgan fingerprint density at radius 3 is 2.00 bits per heavy atom. The monoisotopic (exact) mass is 218 g/mol. The second-order valence-corrected chi connectivity index (χ2v) is 10.3. The van der Waals surface area contributed by atoms with Gasteiger partial charge < -0.3 is 0 Å². The highest BCUT2D eigenvalue weighted by Crippen LogP contribution is 2.28. The molecular formula is C9H12Cl2Si. The zero-order valence-corrected chi connectivity index (χ0v) is 9.73. The van der Waals surface area contributed by atoms with Crippen molar-refractivity contribution in [1.82, 2.24) is 0 Å². The molecular weight excluding hydrogens is 207 g/mol. The van der Waals surface area contributed by atoms with Crippen molar-refractivity contribution in [1.29, 1.82) is 0 Å². The summed E-state index contributed by atoms with van der Waals surface area (Å²) >= 11 is 12.6. The van der Waals surface area contributed by atoms with Crippen molar-refractivity contribution < 1.29 is 0 Å². The molecule has 0 aliphatic heterocycles. The van der Waals surface area contributed by atoms with E-state index in [0.717, 1.165) is 5.19 Å². The molecule has 0 saturated carbocycles. The summed E-state index contributed by atoms with van der Waals surface area (Å²) < 4.78 is 0. The summed E-state index contributed by atoms with van der Waals surface area (Å²) in [5, 5.41) is 1.10. The van der Waals surface area contributed by atoms with Gasteiger partial charge in [-0.15, -0.1) is 22.2 Å². The normalized spacial score (nSPS) is 12.1. The molecule has 0 radical (unpaired) electrons. The molecule has 0 nitrogen and oxygen atoms in total. The van der Waals surface area contributed by atoms with Crippen LogP contribution in [0.5, 0.6) is 0 Å². The molecule has 1 aromatic rings. The Morgan fingerprint density at radius 2 is 1.58 bits per heavy atom. The van der Waals surface area contributed by atoms with E-state index in [1.54, 1.807) is 0 Å². The van der Waals surface area contributed by atoms with Gasteiger partial charge in [-0.3, -0.25) is 0 Å². The van der Waals surface area contributed by atoms with Gasteiger partial charge in [0.2, 0.25) is 0 Å². The first-order valence-corrected chi connectivity index (χ1v) is 8.08. The first kappa shape index (κ1) is 10.1. The number of hydrogen-bond acceptors (Lipinski definition) is 0. The van der Waals surface area contributed by atoms with E-state index in [1.165, 1.54) is 0 Å². The minimum absolute atomic E-state index is 0.350. The Hall–Kier alpha value is 0.0169. The molecule has 0 unspecified atom stereocenters. The average Bonchev–Trinajstić information content (AvgIpc) is 2.06. The van der Waals surface area contributed by atoms with Gasteiger partial charge >= 0.3 is 0 Å². The Kier molecular flexibility index (Phi) is 3.21. The van der Waals surface area contributed by atoms with Crippen LogP contribution in [0.1, 0.15) is 13.8 Å². The van der Waals surface area contributed by atoms with Crippen LogP contribution in [0.3, 0.4) is 0 Å². The highest BCUT2D eigenvalue weighted by atomic mass is 35.7. The standard InChI is InChI=1S/C9H12Cl2Si/c1-8(2)12(10,11)9-6-4-3-5-7-9/h3-8H,1-2H3. The van der Waals surface area contributed by atoms with E-state index < -0.39 is 6.69 Å². The molecule has 0 aliphatic rings. The van der Waals surface area contributed by atoms with Gasteiger partial charge in [0.1, 0.15) is 0 Å². The molecule has 66 valence electrons. The van der Waals surface area contributed by atoms with Gasteiger partial charge in [0.05, 0.1) is 0 Å². The molecule has 0 atom stereocenters. The topological polar surface area (TPSA) is 0 Å². The lowest BCUT2D eigenvalue weighted by Crippen LogP contribution is -2.39. The van der Waals surface area contributed by atoms with E-state index >= 15 is 0 Å². The van der Waals surface area contributed by atoms with Gasteiger partial charge in [-0.05, 0) is 10.7 Å². The maximum absolute atomic E-state index is 6.30. The molecule has 0 aromatic heterocycles. The molecule has 1 rings (SSSR count). The number of hydrogen-bond donors (Lipinski definition) is 0.